The van der Waals surface area contributed by atoms with Gasteiger partial charge in [0.25, 0.3) is 0 Å². The summed E-state index contributed by atoms with van der Waals surface area (Å²) in [5.74, 6) is -0.582. The van der Waals surface area contributed by atoms with Gasteiger partial charge in [0.05, 0.1) is 10.0 Å². The van der Waals surface area contributed by atoms with Gasteiger partial charge in [-0.3, -0.25) is 0 Å². The quantitative estimate of drug-likeness (QED) is 0.720. The van der Waals surface area contributed by atoms with E-state index in [-0.39, 0.29) is 10.0 Å². The lowest BCUT2D eigenvalue weighted by atomic mass is 10.00. The molecule has 0 saturated carbocycles. The molecule has 2 aromatic rings. The molecule has 0 aliphatic rings. The molecule has 1 nitrogen and oxygen atoms in total. The summed E-state index contributed by atoms with van der Waals surface area (Å²) in [6.45, 7) is 6.90. The summed E-state index contributed by atoms with van der Waals surface area (Å²) in [6.07, 6.45) is 0. The Bertz CT molecular complexity index is 607. The Labute approximate surface area is 128 Å². The van der Waals surface area contributed by atoms with Crippen LogP contribution in [0.25, 0.3) is 0 Å². The second-order valence-electron chi connectivity index (χ2n) is 4.98. The Morgan fingerprint density at radius 1 is 0.950 bits per heavy atom. The van der Waals surface area contributed by atoms with Gasteiger partial charge in [-0.05, 0) is 49.6 Å². The van der Waals surface area contributed by atoms with Crippen molar-refractivity contribution in [3.63, 3.8) is 0 Å². The third kappa shape index (κ3) is 3.25. The van der Waals surface area contributed by atoms with E-state index in [0.717, 1.165) is 0 Å². The summed E-state index contributed by atoms with van der Waals surface area (Å²) in [4.78, 5) is 0. The molecule has 0 unspecified atom stereocenters. The number of halogens is 3. The van der Waals surface area contributed by atoms with Crippen molar-refractivity contribution in [2.45, 2.75) is 27.3 Å². The number of anilines is 1. The predicted molar refractivity (Wildman–Crippen MR) is 84.4 cm³/mol. The van der Waals surface area contributed by atoms with Crippen LogP contribution in [0.15, 0.2) is 24.3 Å². The highest BCUT2D eigenvalue weighted by molar-refractivity contribution is 6.35. The fourth-order valence-corrected chi connectivity index (χ4v) is 2.82. The molecule has 0 spiro atoms. The van der Waals surface area contributed by atoms with E-state index in [9.17, 15) is 4.39 Å². The van der Waals surface area contributed by atoms with E-state index >= 15 is 0 Å². The number of hydrogen-bond acceptors (Lipinski definition) is 1. The normalized spacial score (nSPS) is 10.7. The molecule has 0 radical (unpaired) electrons. The van der Waals surface area contributed by atoms with E-state index in [1.165, 1.54) is 22.3 Å². The minimum absolute atomic E-state index is 0.0253. The fraction of sp³-hybridized carbons (Fsp3) is 0.250. The average Bonchev–Trinajstić information content (AvgIpc) is 2.34. The van der Waals surface area contributed by atoms with E-state index in [1.54, 1.807) is 12.1 Å². The molecule has 0 amide bonds. The zero-order chi connectivity index (χ0) is 14.9. The number of benzene rings is 2. The molecule has 0 aliphatic carbocycles. The molecular formula is C16H16Cl2FN. The van der Waals surface area contributed by atoms with Crippen molar-refractivity contribution in [3.05, 3.63) is 62.4 Å². The predicted octanol–water partition coefficient (Wildman–Crippen LogP) is 5.67. The summed E-state index contributed by atoms with van der Waals surface area (Å²) < 4.78 is 13.4. The molecule has 0 fully saturated rings. The summed E-state index contributed by atoms with van der Waals surface area (Å²) >= 11 is 11.6. The van der Waals surface area contributed by atoms with Crippen molar-refractivity contribution in [2.75, 3.05) is 5.32 Å². The van der Waals surface area contributed by atoms with Crippen molar-refractivity contribution < 1.29 is 4.39 Å². The molecule has 0 atom stereocenters. The van der Waals surface area contributed by atoms with Gasteiger partial charge in [-0.2, -0.15) is 0 Å². The Kier molecular flexibility index (Phi) is 4.56. The second-order valence-corrected chi connectivity index (χ2v) is 5.80. The number of hydrogen-bond donors (Lipinski definition) is 1. The van der Waals surface area contributed by atoms with Gasteiger partial charge in [0.15, 0.2) is 5.82 Å². The highest BCUT2D eigenvalue weighted by Crippen LogP contribution is 2.28. The van der Waals surface area contributed by atoms with Gasteiger partial charge in [-0.25, -0.2) is 4.39 Å². The standard InChI is InChI=1S/C16H16Cl2FN/c1-9-4-10(2)13(11(3)5-9)8-20-12-6-14(17)16(19)15(18)7-12/h4-7,20H,8H2,1-3H3. The van der Waals surface area contributed by atoms with Crippen LogP contribution in [0.3, 0.4) is 0 Å². The van der Waals surface area contributed by atoms with Gasteiger partial charge in [0.2, 0.25) is 0 Å². The lowest BCUT2D eigenvalue weighted by Gasteiger charge is -2.14. The first-order valence-corrected chi connectivity index (χ1v) is 7.09. The third-order valence-electron chi connectivity index (χ3n) is 3.29. The van der Waals surface area contributed by atoms with E-state index in [0.29, 0.717) is 12.2 Å². The maximum absolute atomic E-state index is 13.4. The SMILES string of the molecule is Cc1cc(C)c(CNc2cc(Cl)c(F)c(Cl)c2)c(C)c1. The summed E-state index contributed by atoms with van der Waals surface area (Å²) in [5.41, 5.74) is 5.65. The van der Waals surface area contributed by atoms with Crippen LogP contribution in [0.2, 0.25) is 10.0 Å². The molecule has 0 bridgehead atoms. The van der Waals surface area contributed by atoms with E-state index in [2.05, 4.69) is 38.2 Å². The third-order valence-corrected chi connectivity index (χ3v) is 3.84. The Balaban J connectivity index is 2.21. The second kappa shape index (κ2) is 6.02. The number of aryl methyl sites for hydroxylation is 3. The molecule has 0 heterocycles. The van der Waals surface area contributed by atoms with Crippen molar-refractivity contribution in [2.24, 2.45) is 0 Å². The van der Waals surface area contributed by atoms with Crippen LogP contribution in [-0.2, 0) is 6.54 Å². The highest BCUT2D eigenvalue weighted by atomic mass is 35.5. The Morgan fingerprint density at radius 2 is 1.45 bits per heavy atom. The van der Waals surface area contributed by atoms with Gasteiger partial charge < -0.3 is 5.32 Å². The Hall–Kier alpha value is -1.25. The van der Waals surface area contributed by atoms with Crippen LogP contribution < -0.4 is 5.32 Å². The first kappa shape index (κ1) is 15.1. The zero-order valence-corrected chi connectivity index (χ0v) is 13.2. The lowest BCUT2D eigenvalue weighted by Crippen LogP contribution is -2.04. The molecule has 0 aromatic heterocycles. The van der Waals surface area contributed by atoms with Crippen LogP contribution in [0, 0.1) is 26.6 Å². The molecule has 0 aliphatic heterocycles. The fourth-order valence-electron chi connectivity index (χ4n) is 2.34. The van der Waals surface area contributed by atoms with Crippen molar-refractivity contribution >= 4 is 28.9 Å². The topological polar surface area (TPSA) is 12.0 Å². The van der Waals surface area contributed by atoms with Crippen LogP contribution in [0.4, 0.5) is 10.1 Å². The smallest absolute Gasteiger partial charge is 0.160 e. The first-order chi connectivity index (χ1) is 9.38. The largest absolute Gasteiger partial charge is 0.381 e. The van der Waals surface area contributed by atoms with Crippen LogP contribution >= 0.6 is 23.2 Å². The van der Waals surface area contributed by atoms with Crippen molar-refractivity contribution in [1.82, 2.24) is 0 Å². The maximum Gasteiger partial charge on any atom is 0.160 e. The molecule has 1 N–H and O–H groups in total. The molecule has 2 aromatic carbocycles. The zero-order valence-electron chi connectivity index (χ0n) is 11.7. The minimum atomic E-state index is -0.582. The molecule has 0 saturated heterocycles. The molecule has 106 valence electrons. The van der Waals surface area contributed by atoms with Gasteiger partial charge >= 0.3 is 0 Å². The van der Waals surface area contributed by atoms with Crippen LogP contribution in [-0.4, -0.2) is 0 Å². The molecular weight excluding hydrogens is 296 g/mol. The van der Waals surface area contributed by atoms with Gasteiger partial charge in [-0.1, -0.05) is 40.9 Å². The number of nitrogens with one attached hydrogen (secondary N) is 1. The summed E-state index contributed by atoms with van der Waals surface area (Å²) in [5, 5.41) is 3.29. The van der Waals surface area contributed by atoms with E-state index in [4.69, 9.17) is 23.2 Å². The average molecular weight is 312 g/mol. The monoisotopic (exact) mass is 311 g/mol. The highest BCUT2D eigenvalue weighted by Gasteiger charge is 2.08. The van der Waals surface area contributed by atoms with Gasteiger partial charge in [0.1, 0.15) is 0 Å². The first-order valence-electron chi connectivity index (χ1n) is 6.33. The van der Waals surface area contributed by atoms with Gasteiger partial charge in [0, 0.05) is 12.2 Å². The minimum Gasteiger partial charge on any atom is -0.381 e. The van der Waals surface area contributed by atoms with E-state index < -0.39 is 5.82 Å². The molecule has 4 heteroatoms. The van der Waals surface area contributed by atoms with E-state index in [1.807, 2.05) is 0 Å². The summed E-state index contributed by atoms with van der Waals surface area (Å²) in [7, 11) is 0. The van der Waals surface area contributed by atoms with Crippen molar-refractivity contribution in [1.29, 1.82) is 0 Å². The molecule has 20 heavy (non-hydrogen) atoms. The maximum atomic E-state index is 13.4. The summed E-state index contributed by atoms with van der Waals surface area (Å²) in [6, 6.07) is 7.38. The molecule has 2 rings (SSSR count). The Morgan fingerprint density at radius 3 is 1.95 bits per heavy atom. The van der Waals surface area contributed by atoms with Crippen molar-refractivity contribution in [3.8, 4) is 0 Å². The van der Waals surface area contributed by atoms with Crippen LogP contribution in [0.5, 0.6) is 0 Å². The number of rotatable bonds is 3. The lowest BCUT2D eigenvalue weighted by molar-refractivity contribution is 0.629. The van der Waals surface area contributed by atoms with Gasteiger partial charge in [-0.15, -0.1) is 0 Å². The van der Waals surface area contributed by atoms with Crippen LogP contribution in [0.1, 0.15) is 22.3 Å².